The monoisotopic (exact) mass is 448 g/mol. The van der Waals surface area contributed by atoms with E-state index in [0.29, 0.717) is 21.9 Å². The molecule has 0 saturated carbocycles. The van der Waals surface area contributed by atoms with Gasteiger partial charge in [-0.05, 0) is 55.9 Å². The maximum Gasteiger partial charge on any atom is 0.387 e. The van der Waals surface area contributed by atoms with Crippen LogP contribution in [0.2, 0.25) is 0 Å². The van der Waals surface area contributed by atoms with Crippen molar-refractivity contribution in [2.24, 2.45) is 0 Å². The van der Waals surface area contributed by atoms with E-state index in [9.17, 15) is 13.6 Å². The van der Waals surface area contributed by atoms with E-state index in [-0.39, 0.29) is 18.1 Å². The van der Waals surface area contributed by atoms with Crippen molar-refractivity contribution in [1.29, 1.82) is 0 Å². The molecule has 1 atom stereocenters. The van der Waals surface area contributed by atoms with E-state index in [4.69, 9.17) is 21.7 Å². The lowest BCUT2D eigenvalue weighted by Gasteiger charge is -2.37. The van der Waals surface area contributed by atoms with Crippen molar-refractivity contribution < 1.29 is 27.8 Å². The van der Waals surface area contributed by atoms with Gasteiger partial charge in [-0.2, -0.15) is 8.78 Å². The highest BCUT2D eigenvalue weighted by molar-refractivity contribution is 7.80. The zero-order chi connectivity index (χ0) is 22.5. The second-order valence-corrected chi connectivity index (χ2v) is 6.95. The molecule has 0 aliphatic carbocycles. The normalized spacial score (nSPS) is 16.3. The van der Waals surface area contributed by atoms with Crippen LogP contribution >= 0.6 is 12.2 Å². The fourth-order valence-electron chi connectivity index (χ4n) is 3.42. The molecule has 1 aliphatic heterocycles. The molecule has 31 heavy (non-hydrogen) atoms. The zero-order valence-corrected chi connectivity index (χ0v) is 18.0. The van der Waals surface area contributed by atoms with Gasteiger partial charge in [-0.1, -0.05) is 24.3 Å². The molecule has 0 amide bonds. The first-order valence-electron chi connectivity index (χ1n) is 9.53. The van der Waals surface area contributed by atoms with Crippen molar-refractivity contribution in [3.8, 4) is 11.5 Å². The maximum absolute atomic E-state index is 12.9. The van der Waals surface area contributed by atoms with Gasteiger partial charge in [-0.15, -0.1) is 0 Å². The number of nitrogens with zero attached hydrogens (tertiary/aromatic N) is 1. The molecule has 0 aromatic heterocycles. The molecule has 9 heteroatoms. The Kier molecular flexibility index (Phi) is 7.06. The van der Waals surface area contributed by atoms with Crippen molar-refractivity contribution in [2.45, 2.75) is 26.5 Å². The molecule has 1 heterocycles. The molecule has 0 fully saturated rings. The van der Waals surface area contributed by atoms with Gasteiger partial charge in [0.25, 0.3) is 0 Å². The molecule has 6 nitrogen and oxygen atoms in total. The standard InChI is InChI=1S/C22H22F2N2O4S/c1-4-29-20(27)18-13(2)26(15-8-6-5-7-9-15)22(31)25-19(18)14-10-11-16(28-3)17(12-14)30-21(23)24/h5-12,19,21H,4H2,1-3H3,(H,25,31). The predicted molar refractivity (Wildman–Crippen MR) is 116 cm³/mol. The number of hydrogen-bond acceptors (Lipinski definition) is 5. The number of alkyl halides is 2. The molecule has 0 radical (unpaired) electrons. The summed E-state index contributed by atoms with van der Waals surface area (Å²) in [5.41, 5.74) is 2.15. The van der Waals surface area contributed by atoms with Gasteiger partial charge in [0.05, 0.1) is 25.3 Å². The minimum absolute atomic E-state index is 0.144. The van der Waals surface area contributed by atoms with Crippen LogP contribution in [-0.4, -0.2) is 31.4 Å². The van der Waals surface area contributed by atoms with Crippen LogP contribution in [0.15, 0.2) is 59.8 Å². The molecule has 0 bridgehead atoms. The van der Waals surface area contributed by atoms with E-state index in [0.717, 1.165) is 5.69 Å². The lowest BCUT2D eigenvalue weighted by atomic mass is 9.94. The summed E-state index contributed by atoms with van der Waals surface area (Å²) in [6.07, 6.45) is 0. The molecule has 0 spiro atoms. The number of carbonyl (C=O) groups is 1. The molecule has 1 aliphatic rings. The molecule has 2 aromatic rings. The Labute approximate surface area is 184 Å². The molecular weight excluding hydrogens is 426 g/mol. The minimum atomic E-state index is -3.03. The van der Waals surface area contributed by atoms with Crippen molar-refractivity contribution in [3.63, 3.8) is 0 Å². The number of carbonyl (C=O) groups excluding carboxylic acids is 1. The maximum atomic E-state index is 12.9. The van der Waals surface area contributed by atoms with Crippen LogP contribution in [0.1, 0.15) is 25.5 Å². The van der Waals surface area contributed by atoms with Gasteiger partial charge in [-0.3, -0.25) is 4.90 Å². The topological polar surface area (TPSA) is 60.0 Å². The number of anilines is 1. The van der Waals surface area contributed by atoms with E-state index in [1.807, 2.05) is 30.3 Å². The van der Waals surface area contributed by atoms with E-state index in [1.165, 1.54) is 19.2 Å². The lowest BCUT2D eigenvalue weighted by molar-refractivity contribution is -0.139. The lowest BCUT2D eigenvalue weighted by Crippen LogP contribution is -2.48. The summed E-state index contributed by atoms with van der Waals surface area (Å²) in [6, 6.07) is 13.2. The van der Waals surface area contributed by atoms with Crippen LogP contribution in [0.5, 0.6) is 11.5 Å². The first kappa shape index (κ1) is 22.5. The summed E-state index contributed by atoms with van der Waals surface area (Å²) in [5, 5.41) is 3.49. The Bertz CT molecular complexity index is 998. The summed E-state index contributed by atoms with van der Waals surface area (Å²) in [7, 11) is 1.35. The highest BCUT2D eigenvalue weighted by atomic mass is 32.1. The first-order valence-corrected chi connectivity index (χ1v) is 9.94. The van der Waals surface area contributed by atoms with E-state index >= 15 is 0 Å². The molecule has 1 N–H and O–H groups in total. The largest absolute Gasteiger partial charge is 0.493 e. The van der Waals surface area contributed by atoms with Crippen LogP contribution in [0.3, 0.4) is 0 Å². The van der Waals surface area contributed by atoms with Crippen LogP contribution in [-0.2, 0) is 9.53 Å². The van der Waals surface area contributed by atoms with Crippen LogP contribution in [0, 0.1) is 0 Å². The molecule has 2 aromatic carbocycles. The average Bonchev–Trinajstić information content (AvgIpc) is 2.73. The Hall–Kier alpha value is -3.20. The van der Waals surface area contributed by atoms with E-state index in [1.54, 1.807) is 24.8 Å². The second-order valence-electron chi connectivity index (χ2n) is 6.56. The zero-order valence-electron chi connectivity index (χ0n) is 17.2. The number of hydrogen-bond donors (Lipinski definition) is 1. The molecular formula is C22H22F2N2O4S. The number of benzene rings is 2. The third kappa shape index (κ3) is 4.77. The Balaban J connectivity index is 2.12. The summed E-state index contributed by atoms with van der Waals surface area (Å²) >= 11 is 5.57. The van der Waals surface area contributed by atoms with Crippen LogP contribution in [0.25, 0.3) is 0 Å². The SMILES string of the molecule is CCOC(=O)C1=C(C)N(c2ccccc2)C(=S)NC1c1ccc(OC)c(OC(F)F)c1. The Morgan fingerprint density at radius 3 is 2.52 bits per heavy atom. The quantitative estimate of drug-likeness (QED) is 0.492. The summed E-state index contributed by atoms with van der Waals surface area (Å²) < 4.78 is 40.7. The molecule has 1 unspecified atom stereocenters. The van der Waals surface area contributed by atoms with Gasteiger partial charge in [-0.25, -0.2) is 4.79 Å². The second kappa shape index (κ2) is 9.74. The number of halogens is 2. The highest BCUT2D eigenvalue weighted by Crippen LogP contribution is 2.38. The number of para-hydroxylation sites is 1. The molecule has 0 saturated heterocycles. The number of thiocarbonyl (C=S) groups is 1. The summed E-state index contributed by atoms with van der Waals surface area (Å²) in [5.74, 6) is -0.533. The van der Waals surface area contributed by atoms with Crippen LogP contribution < -0.4 is 19.7 Å². The fourth-order valence-corrected chi connectivity index (χ4v) is 3.78. The van der Waals surface area contributed by atoms with Crippen molar-refractivity contribution >= 4 is 29.0 Å². The third-order valence-electron chi connectivity index (χ3n) is 4.73. The van der Waals surface area contributed by atoms with Gasteiger partial charge in [0.1, 0.15) is 0 Å². The highest BCUT2D eigenvalue weighted by Gasteiger charge is 2.36. The van der Waals surface area contributed by atoms with Crippen molar-refractivity contribution in [3.05, 3.63) is 65.4 Å². The summed E-state index contributed by atoms with van der Waals surface area (Å²) in [4.78, 5) is 14.6. The van der Waals surface area contributed by atoms with Crippen molar-refractivity contribution in [1.82, 2.24) is 5.32 Å². The number of esters is 1. The first-order chi connectivity index (χ1) is 14.9. The smallest absolute Gasteiger partial charge is 0.387 e. The number of allylic oxidation sites excluding steroid dienone is 1. The number of rotatable bonds is 7. The van der Waals surface area contributed by atoms with Gasteiger partial charge >= 0.3 is 12.6 Å². The summed E-state index contributed by atoms with van der Waals surface area (Å²) in [6.45, 7) is 0.625. The van der Waals surface area contributed by atoms with Gasteiger partial charge in [0.2, 0.25) is 0 Å². The molecule has 164 valence electrons. The number of methoxy groups -OCH3 is 1. The third-order valence-corrected chi connectivity index (χ3v) is 5.03. The molecule has 3 rings (SSSR count). The minimum Gasteiger partial charge on any atom is -0.493 e. The Morgan fingerprint density at radius 2 is 1.90 bits per heavy atom. The fraction of sp³-hybridized carbons (Fsp3) is 0.273. The van der Waals surface area contributed by atoms with Gasteiger partial charge in [0, 0.05) is 11.4 Å². The van der Waals surface area contributed by atoms with Crippen LogP contribution in [0.4, 0.5) is 14.5 Å². The average molecular weight is 448 g/mol. The number of nitrogens with one attached hydrogen (secondary N) is 1. The number of ether oxygens (including phenoxy) is 3. The van der Waals surface area contributed by atoms with E-state index in [2.05, 4.69) is 10.1 Å². The van der Waals surface area contributed by atoms with Crippen molar-refractivity contribution in [2.75, 3.05) is 18.6 Å². The van der Waals surface area contributed by atoms with E-state index < -0.39 is 18.6 Å². The van der Waals surface area contributed by atoms with Gasteiger partial charge < -0.3 is 19.5 Å². The Morgan fingerprint density at radius 1 is 1.19 bits per heavy atom. The predicted octanol–water partition coefficient (Wildman–Crippen LogP) is 4.57. The van der Waals surface area contributed by atoms with Gasteiger partial charge in [0.15, 0.2) is 16.6 Å².